The van der Waals surface area contributed by atoms with Crippen LogP contribution in [0.2, 0.25) is 0 Å². The molecule has 2 N–H and O–H groups in total. The van der Waals surface area contributed by atoms with Gasteiger partial charge in [0.2, 0.25) is 10.0 Å². The van der Waals surface area contributed by atoms with E-state index in [0.717, 1.165) is 19.1 Å². The molecule has 2 aliphatic rings. The quantitative estimate of drug-likeness (QED) is 0.823. The molecular formula is C20H22F2N2O2S. The molecule has 0 amide bonds. The largest absolute Gasteiger partial charge is 0.311 e. The Morgan fingerprint density at radius 3 is 2.52 bits per heavy atom. The zero-order valence-electron chi connectivity index (χ0n) is 15.0. The predicted molar refractivity (Wildman–Crippen MR) is 101 cm³/mol. The Bertz CT molecular complexity index is 959. The third-order valence-corrected chi connectivity index (χ3v) is 6.33. The van der Waals surface area contributed by atoms with Crippen molar-refractivity contribution in [2.24, 2.45) is 5.41 Å². The van der Waals surface area contributed by atoms with Gasteiger partial charge in [0, 0.05) is 29.6 Å². The maximum Gasteiger partial charge on any atom is 0.209 e. The number of hydrogen-bond donors (Lipinski definition) is 2. The average molecular weight is 392 g/mol. The molecule has 2 aromatic rings. The molecule has 2 fully saturated rings. The highest BCUT2D eigenvalue weighted by atomic mass is 32.2. The molecule has 0 aromatic heterocycles. The van der Waals surface area contributed by atoms with Gasteiger partial charge < -0.3 is 5.32 Å². The van der Waals surface area contributed by atoms with Gasteiger partial charge in [0.15, 0.2) is 0 Å². The molecule has 0 bridgehead atoms. The highest BCUT2D eigenvalue weighted by molar-refractivity contribution is 7.88. The fourth-order valence-electron chi connectivity index (χ4n) is 4.12. The van der Waals surface area contributed by atoms with Crippen LogP contribution in [0.5, 0.6) is 0 Å². The molecule has 1 aliphatic carbocycles. The molecule has 144 valence electrons. The second-order valence-electron chi connectivity index (χ2n) is 7.71. The summed E-state index contributed by atoms with van der Waals surface area (Å²) in [6.45, 7) is 0.688. The molecule has 2 aromatic carbocycles. The van der Waals surface area contributed by atoms with E-state index < -0.39 is 21.7 Å². The molecule has 4 rings (SSSR count). The Labute approximate surface area is 158 Å². The van der Waals surface area contributed by atoms with Crippen LogP contribution in [0.15, 0.2) is 42.5 Å². The van der Waals surface area contributed by atoms with Gasteiger partial charge in [0.1, 0.15) is 11.6 Å². The number of sulfonamides is 1. The summed E-state index contributed by atoms with van der Waals surface area (Å²) in [4.78, 5) is 0. The van der Waals surface area contributed by atoms with Crippen LogP contribution < -0.4 is 10.0 Å². The van der Waals surface area contributed by atoms with Gasteiger partial charge in [-0.3, -0.25) is 0 Å². The van der Waals surface area contributed by atoms with Crippen molar-refractivity contribution in [3.05, 3.63) is 59.7 Å². The normalized spacial score (nSPS) is 23.7. The van der Waals surface area contributed by atoms with Crippen molar-refractivity contribution in [1.82, 2.24) is 10.0 Å². The zero-order chi connectivity index (χ0) is 19.2. The molecule has 1 spiro atoms. The lowest BCUT2D eigenvalue weighted by atomic mass is 9.91. The number of hydrogen-bond acceptors (Lipinski definition) is 3. The number of nitrogens with one attached hydrogen (secondary N) is 2. The van der Waals surface area contributed by atoms with Crippen LogP contribution in [0.3, 0.4) is 0 Å². The molecule has 27 heavy (non-hydrogen) atoms. The third-order valence-electron chi connectivity index (χ3n) is 5.65. The Morgan fingerprint density at radius 2 is 1.89 bits per heavy atom. The van der Waals surface area contributed by atoms with Gasteiger partial charge in [-0.2, -0.15) is 0 Å². The fourth-order valence-corrected chi connectivity index (χ4v) is 5.00. The van der Waals surface area contributed by atoms with Crippen molar-refractivity contribution < 1.29 is 17.2 Å². The van der Waals surface area contributed by atoms with Crippen LogP contribution in [0.4, 0.5) is 8.78 Å². The summed E-state index contributed by atoms with van der Waals surface area (Å²) in [5.41, 5.74) is 0.987. The topological polar surface area (TPSA) is 58.2 Å². The van der Waals surface area contributed by atoms with Crippen molar-refractivity contribution in [3.8, 4) is 11.1 Å². The molecule has 7 heteroatoms. The first-order valence-electron chi connectivity index (χ1n) is 9.01. The summed E-state index contributed by atoms with van der Waals surface area (Å²) in [7, 11) is -3.39. The fraction of sp³-hybridized carbons (Fsp3) is 0.400. The molecule has 2 atom stereocenters. The highest BCUT2D eigenvalue weighted by Crippen LogP contribution is 2.52. The summed E-state index contributed by atoms with van der Waals surface area (Å²) >= 11 is 0. The minimum atomic E-state index is -3.39. The van der Waals surface area contributed by atoms with Gasteiger partial charge in [-0.1, -0.05) is 30.3 Å². The molecule has 1 heterocycles. The summed E-state index contributed by atoms with van der Waals surface area (Å²) in [5, 5.41) is 3.32. The van der Waals surface area contributed by atoms with Crippen LogP contribution >= 0.6 is 0 Å². The van der Waals surface area contributed by atoms with Gasteiger partial charge >= 0.3 is 0 Å². The van der Waals surface area contributed by atoms with E-state index in [1.165, 1.54) is 12.1 Å². The summed E-state index contributed by atoms with van der Waals surface area (Å²) in [6.07, 6.45) is 3.22. The standard InChI is InChI=1S/C20H22F2N2O2S/c1-27(25,26)24-19-17(23-12-20(19)7-8-20)10-14-9-15(21)11-16(18(14)22)13-5-3-2-4-6-13/h2-6,9,11,17,19,23-24H,7-8,10,12H2,1H3/t17-,19+/m0/s1. The van der Waals surface area contributed by atoms with Gasteiger partial charge in [-0.25, -0.2) is 21.9 Å². The van der Waals surface area contributed by atoms with E-state index in [4.69, 9.17) is 0 Å². The van der Waals surface area contributed by atoms with Crippen molar-refractivity contribution in [1.29, 1.82) is 0 Å². The van der Waals surface area contributed by atoms with Crippen molar-refractivity contribution in [2.45, 2.75) is 31.3 Å². The van der Waals surface area contributed by atoms with E-state index >= 15 is 4.39 Å². The minimum Gasteiger partial charge on any atom is -0.311 e. The summed E-state index contributed by atoms with van der Waals surface area (Å²) in [5.74, 6) is -0.962. The van der Waals surface area contributed by atoms with E-state index in [1.807, 2.05) is 6.07 Å². The molecule has 1 saturated heterocycles. The Kier molecular flexibility index (Phi) is 4.56. The van der Waals surface area contributed by atoms with Gasteiger partial charge in [-0.15, -0.1) is 0 Å². The Morgan fingerprint density at radius 1 is 1.19 bits per heavy atom. The first-order chi connectivity index (χ1) is 12.8. The molecular weight excluding hydrogens is 370 g/mol. The smallest absolute Gasteiger partial charge is 0.209 e. The highest BCUT2D eigenvalue weighted by Gasteiger charge is 2.56. The van der Waals surface area contributed by atoms with Crippen LogP contribution in [0.1, 0.15) is 18.4 Å². The van der Waals surface area contributed by atoms with E-state index in [1.54, 1.807) is 24.3 Å². The van der Waals surface area contributed by atoms with Crippen LogP contribution in [-0.2, 0) is 16.4 Å². The number of benzene rings is 2. The van der Waals surface area contributed by atoms with E-state index in [2.05, 4.69) is 10.0 Å². The average Bonchev–Trinajstić information content (AvgIpc) is 3.33. The zero-order valence-corrected chi connectivity index (χ0v) is 15.8. The first kappa shape index (κ1) is 18.5. The number of halogens is 2. The molecule has 1 saturated carbocycles. The molecule has 0 radical (unpaired) electrons. The summed E-state index contributed by atoms with van der Waals surface area (Å²) < 4.78 is 55.6. The number of rotatable bonds is 5. The van der Waals surface area contributed by atoms with Crippen LogP contribution in [0, 0.1) is 17.0 Å². The van der Waals surface area contributed by atoms with Crippen LogP contribution in [0.25, 0.3) is 11.1 Å². The SMILES string of the molecule is CS(=O)(=O)N[C@@H]1[C@H](Cc2cc(F)cc(-c3ccccc3)c2F)NCC12CC2. The second kappa shape index (κ2) is 6.65. The van der Waals surface area contributed by atoms with Gasteiger partial charge in [0.25, 0.3) is 0 Å². The lowest BCUT2D eigenvalue weighted by Gasteiger charge is -2.24. The maximum absolute atomic E-state index is 15.1. The van der Waals surface area contributed by atoms with Gasteiger partial charge in [-0.05, 0) is 42.5 Å². The molecule has 0 unspecified atom stereocenters. The van der Waals surface area contributed by atoms with Gasteiger partial charge in [0.05, 0.1) is 6.26 Å². The third kappa shape index (κ3) is 3.77. The molecule has 1 aliphatic heterocycles. The summed E-state index contributed by atoms with van der Waals surface area (Å²) in [6, 6.07) is 10.7. The van der Waals surface area contributed by atoms with E-state index in [0.29, 0.717) is 12.1 Å². The molecule has 4 nitrogen and oxygen atoms in total. The first-order valence-corrected chi connectivity index (χ1v) is 10.9. The van der Waals surface area contributed by atoms with Crippen molar-refractivity contribution in [2.75, 3.05) is 12.8 Å². The lowest BCUT2D eigenvalue weighted by Crippen LogP contribution is -2.47. The van der Waals surface area contributed by atoms with E-state index in [9.17, 15) is 12.8 Å². The Hall–Kier alpha value is -1.83. The Balaban J connectivity index is 1.65. The second-order valence-corrected chi connectivity index (χ2v) is 9.49. The van der Waals surface area contributed by atoms with E-state index in [-0.39, 0.29) is 35.0 Å². The minimum absolute atomic E-state index is 0.0974. The lowest BCUT2D eigenvalue weighted by molar-refractivity contribution is 0.407. The van der Waals surface area contributed by atoms with Crippen molar-refractivity contribution in [3.63, 3.8) is 0 Å². The maximum atomic E-state index is 15.1. The monoisotopic (exact) mass is 392 g/mol. The predicted octanol–water partition coefficient (Wildman–Crippen LogP) is 2.84. The van der Waals surface area contributed by atoms with Crippen LogP contribution in [-0.4, -0.2) is 33.3 Å². The van der Waals surface area contributed by atoms with Crippen molar-refractivity contribution >= 4 is 10.0 Å².